The van der Waals surface area contributed by atoms with Crippen LogP contribution in [0, 0.1) is 5.92 Å². The van der Waals surface area contributed by atoms with Gasteiger partial charge in [0.1, 0.15) is 17.3 Å². The molecule has 0 aliphatic carbocycles. The summed E-state index contributed by atoms with van der Waals surface area (Å²) in [5.74, 6) is 0.766. The number of hydrogen-bond acceptors (Lipinski definition) is 8. The molecule has 0 aromatic carbocycles. The van der Waals surface area contributed by atoms with E-state index in [0.29, 0.717) is 47.6 Å². The van der Waals surface area contributed by atoms with Crippen LogP contribution < -0.4 is 10.6 Å². The van der Waals surface area contributed by atoms with Gasteiger partial charge in [0, 0.05) is 76.0 Å². The molecule has 0 bridgehead atoms. The van der Waals surface area contributed by atoms with Crippen molar-refractivity contribution in [3.8, 4) is 11.3 Å². The number of pyridine rings is 1. The van der Waals surface area contributed by atoms with Gasteiger partial charge >= 0.3 is 0 Å². The first-order valence-electron chi connectivity index (χ1n) is 11.3. The number of ether oxygens (including phenoxy) is 2. The lowest BCUT2D eigenvalue weighted by molar-refractivity contribution is -0.122. The number of piperidine rings is 1. The van der Waals surface area contributed by atoms with Gasteiger partial charge in [-0.2, -0.15) is 0 Å². The van der Waals surface area contributed by atoms with Gasteiger partial charge in [0.25, 0.3) is 0 Å². The monoisotopic (exact) mass is 493 g/mol. The van der Waals surface area contributed by atoms with Crippen LogP contribution in [-0.2, 0) is 20.7 Å². The molecular weight excluding hydrogens is 465 g/mol. The average molecular weight is 494 g/mol. The molecule has 2 fully saturated rings. The number of hydrogen-bond donors (Lipinski definition) is 2. The fourth-order valence-corrected chi connectivity index (χ4v) is 4.67. The number of aromatic nitrogens is 3. The zero-order valence-corrected chi connectivity index (χ0v) is 20.2. The second-order valence-corrected chi connectivity index (χ2v) is 9.35. The molecule has 0 radical (unpaired) electrons. The fourth-order valence-electron chi connectivity index (χ4n) is 4.29. The first kappa shape index (κ1) is 24.3. The van der Waals surface area contributed by atoms with Crippen molar-refractivity contribution < 1.29 is 14.3 Å². The maximum Gasteiger partial charge on any atom is 0.155 e. The lowest BCUT2D eigenvalue weighted by Crippen LogP contribution is -2.44. The minimum absolute atomic E-state index is 0.0221. The molecule has 0 saturated carbocycles. The van der Waals surface area contributed by atoms with E-state index in [1.807, 2.05) is 0 Å². The second kappa shape index (κ2) is 11.1. The van der Waals surface area contributed by atoms with E-state index in [2.05, 4.69) is 25.6 Å². The number of halogens is 2. The quantitative estimate of drug-likeness (QED) is 0.575. The van der Waals surface area contributed by atoms with Gasteiger partial charge in [-0.3, -0.25) is 9.78 Å². The van der Waals surface area contributed by atoms with Gasteiger partial charge in [-0.15, -0.1) is 0 Å². The third-order valence-electron chi connectivity index (χ3n) is 6.43. The Labute approximate surface area is 203 Å². The van der Waals surface area contributed by atoms with Crippen LogP contribution in [0.4, 0.5) is 5.82 Å². The molecule has 1 atom stereocenters. The molecule has 10 heteroatoms. The molecule has 2 saturated heterocycles. The Balaban J connectivity index is 1.51. The topological polar surface area (TPSA) is 98.3 Å². The minimum Gasteiger partial charge on any atom is -0.381 e. The normalized spacial score (nSPS) is 20.4. The highest BCUT2D eigenvalue weighted by Gasteiger charge is 2.32. The fraction of sp³-hybridized carbons (Fsp3) is 0.565. The molecule has 4 heterocycles. The molecule has 8 nitrogen and oxygen atoms in total. The molecule has 0 spiro atoms. The number of methoxy groups -OCH3 is 1. The van der Waals surface area contributed by atoms with Crippen LogP contribution in [0.3, 0.4) is 0 Å². The van der Waals surface area contributed by atoms with Crippen LogP contribution in [0.2, 0.25) is 10.2 Å². The van der Waals surface area contributed by atoms with Crippen molar-refractivity contribution in [1.82, 2.24) is 20.3 Å². The zero-order valence-electron chi connectivity index (χ0n) is 18.7. The molecule has 0 unspecified atom stereocenters. The van der Waals surface area contributed by atoms with Crippen molar-refractivity contribution in [2.24, 2.45) is 5.92 Å². The number of nitrogens with one attached hydrogen (secondary N) is 2. The summed E-state index contributed by atoms with van der Waals surface area (Å²) >= 11 is 12.8. The average Bonchev–Trinajstić information content (AvgIpc) is 2.86. The molecule has 2 aromatic rings. The number of Topliss-reactive ketones (excluding diaryl/α,β-unsaturated/α-hetero) is 1. The SMILES string of the molecule is COC1(CNc2cnc(Cl)c(-c3cc(CC(=O)[C@@H]4CCCNC4)ncc3Cl)n2)CCOCC1. The molecule has 178 valence electrons. The minimum atomic E-state index is -0.310. The van der Waals surface area contributed by atoms with E-state index in [4.69, 9.17) is 32.7 Å². The van der Waals surface area contributed by atoms with E-state index in [9.17, 15) is 4.79 Å². The summed E-state index contributed by atoms with van der Waals surface area (Å²) in [6.45, 7) is 3.59. The van der Waals surface area contributed by atoms with Crippen molar-refractivity contribution >= 4 is 34.8 Å². The largest absolute Gasteiger partial charge is 0.381 e. The van der Waals surface area contributed by atoms with E-state index < -0.39 is 0 Å². The molecule has 2 N–H and O–H groups in total. The Kier molecular flexibility index (Phi) is 8.14. The molecule has 2 aliphatic rings. The van der Waals surface area contributed by atoms with E-state index in [1.165, 1.54) is 0 Å². The number of carbonyl (C=O) groups excluding carboxylic acids is 1. The third kappa shape index (κ3) is 6.00. The second-order valence-electron chi connectivity index (χ2n) is 8.59. The first-order valence-corrected chi connectivity index (χ1v) is 12.0. The van der Waals surface area contributed by atoms with Crippen LogP contribution in [0.5, 0.6) is 0 Å². The number of carbonyl (C=O) groups is 1. The van der Waals surface area contributed by atoms with Crippen LogP contribution in [-0.4, -0.2) is 66.3 Å². The Bertz CT molecular complexity index is 979. The highest BCUT2D eigenvalue weighted by atomic mass is 35.5. The smallest absolute Gasteiger partial charge is 0.155 e. The predicted octanol–water partition coefficient (Wildman–Crippen LogP) is 3.56. The first-order chi connectivity index (χ1) is 16.0. The number of rotatable bonds is 8. The standard InChI is InChI=1S/C23H29Cl2N5O3/c1-32-23(4-7-33-8-5-23)14-29-20-13-28-22(25)21(30-20)17-9-16(27-12-18(17)24)10-19(31)15-3-2-6-26-11-15/h9,12-13,15,26H,2-8,10-11,14H2,1H3,(H,29,30)/t15-/m1/s1. The van der Waals surface area contributed by atoms with Gasteiger partial charge in [0.2, 0.25) is 0 Å². The van der Waals surface area contributed by atoms with E-state index in [0.717, 1.165) is 38.8 Å². The van der Waals surface area contributed by atoms with Crippen LogP contribution in [0.25, 0.3) is 11.3 Å². The van der Waals surface area contributed by atoms with Gasteiger partial charge < -0.3 is 20.1 Å². The van der Waals surface area contributed by atoms with Crippen LogP contribution in [0.1, 0.15) is 31.4 Å². The van der Waals surface area contributed by atoms with Gasteiger partial charge in [-0.25, -0.2) is 9.97 Å². The molecule has 33 heavy (non-hydrogen) atoms. The summed E-state index contributed by atoms with van der Waals surface area (Å²) in [5.41, 5.74) is 1.38. The summed E-state index contributed by atoms with van der Waals surface area (Å²) in [6, 6.07) is 1.78. The van der Waals surface area contributed by atoms with Crippen molar-refractivity contribution in [3.63, 3.8) is 0 Å². The Morgan fingerprint density at radius 1 is 1.30 bits per heavy atom. The molecular formula is C23H29Cl2N5O3. The molecule has 2 aliphatic heterocycles. The maximum absolute atomic E-state index is 12.7. The number of anilines is 1. The predicted molar refractivity (Wildman–Crippen MR) is 128 cm³/mol. The maximum atomic E-state index is 12.7. The van der Waals surface area contributed by atoms with Crippen molar-refractivity contribution in [3.05, 3.63) is 34.3 Å². The Morgan fingerprint density at radius 3 is 2.85 bits per heavy atom. The Hall–Kier alpha value is -1.84. The lowest BCUT2D eigenvalue weighted by atomic mass is 9.92. The third-order valence-corrected chi connectivity index (χ3v) is 7.01. The van der Waals surface area contributed by atoms with Crippen LogP contribution in [0.15, 0.2) is 18.5 Å². The van der Waals surface area contributed by atoms with E-state index in [1.54, 1.807) is 25.6 Å². The lowest BCUT2D eigenvalue weighted by Gasteiger charge is -2.36. The highest BCUT2D eigenvalue weighted by Crippen LogP contribution is 2.32. The Morgan fingerprint density at radius 2 is 2.12 bits per heavy atom. The summed E-state index contributed by atoms with van der Waals surface area (Å²) in [4.78, 5) is 26.0. The van der Waals surface area contributed by atoms with Gasteiger partial charge in [0.05, 0.1) is 16.8 Å². The molecule has 2 aromatic heterocycles. The molecule has 0 amide bonds. The van der Waals surface area contributed by atoms with Gasteiger partial charge in [0.15, 0.2) is 5.15 Å². The molecule has 4 rings (SSSR count). The zero-order chi connectivity index (χ0) is 23.3. The van der Waals surface area contributed by atoms with Crippen molar-refractivity contribution in [2.75, 3.05) is 45.3 Å². The summed E-state index contributed by atoms with van der Waals surface area (Å²) in [7, 11) is 1.72. The summed E-state index contributed by atoms with van der Waals surface area (Å²) in [6.07, 6.45) is 6.90. The highest BCUT2D eigenvalue weighted by molar-refractivity contribution is 6.35. The van der Waals surface area contributed by atoms with Gasteiger partial charge in [-0.1, -0.05) is 23.2 Å². The van der Waals surface area contributed by atoms with Gasteiger partial charge in [-0.05, 0) is 25.5 Å². The summed E-state index contributed by atoms with van der Waals surface area (Å²) < 4.78 is 11.2. The van der Waals surface area contributed by atoms with E-state index in [-0.39, 0.29) is 28.9 Å². The van der Waals surface area contributed by atoms with Crippen molar-refractivity contribution in [2.45, 2.75) is 37.7 Å². The van der Waals surface area contributed by atoms with Crippen molar-refractivity contribution in [1.29, 1.82) is 0 Å². The van der Waals surface area contributed by atoms with E-state index >= 15 is 0 Å². The van der Waals surface area contributed by atoms with Crippen LogP contribution >= 0.6 is 23.2 Å². The number of nitrogens with zero attached hydrogens (tertiary/aromatic N) is 3. The number of ketones is 1. The summed E-state index contributed by atoms with van der Waals surface area (Å²) in [5, 5.41) is 7.23.